The Morgan fingerprint density at radius 2 is 2.13 bits per heavy atom. The fourth-order valence-electron chi connectivity index (χ4n) is 2.51. The van der Waals surface area contributed by atoms with E-state index in [9.17, 15) is 4.79 Å². The highest BCUT2D eigenvalue weighted by atomic mass is 32.1. The maximum Gasteiger partial charge on any atom is 0.259 e. The van der Waals surface area contributed by atoms with E-state index in [0.717, 1.165) is 21.9 Å². The SMILES string of the molecule is Cc1cnn([C@H](C)[C@@H](C)NCc2cc(=O)n3c(C)csc3n2)c1. The largest absolute Gasteiger partial charge is 0.307 e. The fourth-order valence-corrected chi connectivity index (χ4v) is 3.40. The molecule has 3 aromatic rings. The van der Waals surface area contributed by atoms with Crippen molar-refractivity contribution < 1.29 is 0 Å². The molecule has 0 unspecified atom stereocenters. The topological polar surface area (TPSA) is 64.2 Å². The summed E-state index contributed by atoms with van der Waals surface area (Å²) in [7, 11) is 0. The number of aryl methyl sites for hydroxylation is 2. The molecule has 0 spiro atoms. The fraction of sp³-hybridized carbons (Fsp3) is 0.438. The van der Waals surface area contributed by atoms with E-state index in [1.807, 2.05) is 36.3 Å². The van der Waals surface area contributed by atoms with E-state index in [1.165, 1.54) is 11.3 Å². The Bertz CT molecular complexity index is 878. The summed E-state index contributed by atoms with van der Waals surface area (Å²) in [5, 5.41) is 9.75. The highest BCUT2D eigenvalue weighted by molar-refractivity contribution is 7.15. The standard InChI is InChI=1S/C16H21N5OS/c1-10-6-18-20(8-10)13(4)12(3)17-7-14-5-15(22)21-11(2)9-23-16(21)19-14/h5-6,8-9,12-13,17H,7H2,1-4H3/t12-,13-/m1/s1. The molecule has 23 heavy (non-hydrogen) atoms. The van der Waals surface area contributed by atoms with Crippen LogP contribution in [0.25, 0.3) is 4.96 Å². The van der Waals surface area contributed by atoms with Crippen molar-refractivity contribution in [3.05, 3.63) is 51.1 Å². The van der Waals surface area contributed by atoms with Crippen LogP contribution in [0.15, 0.2) is 28.6 Å². The predicted molar refractivity (Wildman–Crippen MR) is 92.1 cm³/mol. The first kappa shape index (κ1) is 15.9. The lowest BCUT2D eigenvalue weighted by Gasteiger charge is -2.21. The molecule has 0 aromatic carbocycles. The van der Waals surface area contributed by atoms with Crippen molar-refractivity contribution in [1.29, 1.82) is 0 Å². The number of hydrogen-bond acceptors (Lipinski definition) is 5. The Hall–Kier alpha value is -1.99. The van der Waals surface area contributed by atoms with Crippen molar-refractivity contribution in [2.45, 2.75) is 46.3 Å². The van der Waals surface area contributed by atoms with Crippen LogP contribution in [0.5, 0.6) is 0 Å². The molecule has 2 atom stereocenters. The number of rotatable bonds is 5. The van der Waals surface area contributed by atoms with Crippen molar-refractivity contribution in [1.82, 2.24) is 24.5 Å². The van der Waals surface area contributed by atoms with Crippen LogP contribution in [0.2, 0.25) is 0 Å². The van der Waals surface area contributed by atoms with Crippen LogP contribution in [0, 0.1) is 13.8 Å². The Labute approximate surface area is 138 Å². The molecule has 0 aliphatic heterocycles. The minimum atomic E-state index is -0.0195. The normalized spacial score (nSPS) is 14.3. The van der Waals surface area contributed by atoms with Gasteiger partial charge in [0, 0.05) is 35.9 Å². The molecule has 0 saturated heterocycles. The van der Waals surface area contributed by atoms with E-state index in [1.54, 1.807) is 10.5 Å². The van der Waals surface area contributed by atoms with Crippen LogP contribution in [0.3, 0.4) is 0 Å². The second-order valence-corrected chi connectivity index (χ2v) is 6.83. The summed E-state index contributed by atoms with van der Waals surface area (Å²) in [6.07, 6.45) is 3.90. The van der Waals surface area contributed by atoms with E-state index in [0.29, 0.717) is 6.54 Å². The molecule has 0 fully saturated rings. The van der Waals surface area contributed by atoms with Gasteiger partial charge in [-0.1, -0.05) is 0 Å². The van der Waals surface area contributed by atoms with E-state index in [4.69, 9.17) is 0 Å². The number of aromatic nitrogens is 4. The highest BCUT2D eigenvalue weighted by Crippen LogP contribution is 2.13. The minimum Gasteiger partial charge on any atom is -0.307 e. The molecule has 0 aliphatic rings. The van der Waals surface area contributed by atoms with Crippen molar-refractivity contribution in [3.63, 3.8) is 0 Å². The second kappa shape index (κ2) is 6.25. The van der Waals surface area contributed by atoms with Crippen molar-refractivity contribution in [2.24, 2.45) is 0 Å². The van der Waals surface area contributed by atoms with Crippen LogP contribution >= 0.6 is 11.3 Å². The maximum atomic E-state index is 12.2. The average molecular weight is 331 g/mol. The van der Waals surface area contributed by atoms with Crippen molar-refractivity contribution in [3.8, 4) is 0 Å². The molecule has 7 heteroatoms. The van der Waals surface area contributed by atoms with Crippen LogP contribution in [-0.4, -0.2) is 25.2 Å². The highest BCUT2D eigenvalue weighted by Gasteiger charge is 2.15. The molecule has 0 saturated carbocycles. The van der Waals surface area contributed by atoms with E-state index >= 15 is 0 Å². The molecular weight excluding hydrogens is 310 g/mol. The number of nitrogens with one attached hydrogen (secondary N) is 1. The number of nitrogens with zero attached hydrogens (tertiary/aromatic N) is 4. The molecule has 0 radical (unpaired) electrons. The van der Waals surface area contributed by atoms with Gasteiger partial charge in [-0.2, -0.15) is 5.10 Å². The maximum absolute atomic E-state index is 12.2. The summed E-state index contributed by atoms with van der Waals surface area (Å²) in [4.78, 5) is 17.5. The van der Waals surface area contributed by atoms with Crippen LogP contribution in [-0.2, 0) is 6.54 Å². The van der Waals surface area contributed by atoms with Gasteiger partial charge in [-0.05, 0) is 33.3 Å². The van der Waals surface area contributed by atoms with Gasteiger partial charge in [0.15, 0.2) is 4.96 Å². The first-order valence-electron chi connectivity index (χ1n) is 7.66. The minimum absolute atomic E-state index is 0.0195. The summed E-state index contributed by atoms with van der Waals surface area (Å²) < 4.78 is 3.61. The first-order chi connectivity index (χ1) is 11.0. The average Bonchev–Trinajstić information content (AvgIpc) is 3.10. The van der Waals surface area contributed by atoms with Crippen molar-refractivity contribution in [2.75, 3.05) is 0 Å². The predicted octanol–water partition coefficient (Wildman–Crippen LogP) is 2.31. The molecule has 3 aromatic heterocycles. The van der Waals surface area contributed by atoms with Crippen LogP contribution < -0.4 is 10.9 Å². The zero-order valence-electron chi connectivity index (χ0n) is 13.8. The van der Waals surface area contributed by atoms with E-state index < -0.39 is 0 Å². The zero-order chi connectivity index (χ0) is 16.6. The summed E-state index contributed by atoms with van der Waals surface area (Å²) >= 11 is 1.49. The van der Waals surface area contributed by atoms with Gasteiger partial charge >= 0.3 is 0 Å². The Balaban J connectivity index is 1.71. The smallest absolute Gasteiger partial charge is 0.259 e. The molecule has 1 N–H and O–H groups in total. The third-order valence-electron chi connectivity index (χ3n) is 4.11. The summed E-state index contributed by atoms with van der Waals surface area (Å²) in [5.74, 6) is 0. The molecule has 0 amide bonds. The number of fused-ring (bicyclic) bond motifs is 1. The van der Waals surface area contributed by atoms with Gasteiger partial charge in [0.25, 0.3) is 5.56 Å². The molecule has 0 bridgehead atoms. The number of hydrogen-bond donors (Lipinski definition) is 1. The lowest BCUT2D eigenvalue weighted by Crippen LogP contribution is -2.34. The Kier molecular flexibility index (Phi) is 4.32. The molecule has 122 valence electrons. The van der Waals surface area contributed by atoms with Gasteiger partial charge in [-0.25, -0.2) is 4.98 Å². The third-order valence-corrected chi connectivity index (χ3v) is 5.05. The quantitative estimate of drug-likeness (QED) is 0.779. The Morgan fingerprint density at radius 3 is 2.83 bits per heavy atom. The molecular formula is C16H21N5OS. The van der Waals surface area contributed by atoms with Crippen molar-refractivity contribution >= 4 is 16.3 Å². The summed E-state index contributed by atoms with van der Waals surface area (Å²) in [5.41, 5.74) is 2.83. The lowest BCUT2D eigenvalue weighted by atomic mass is 10.1. The lowest BCUT2D eigenvalue weighted by molar-refractivity contribution is 0.363. The monoisotopic (exact) mass is 331 g/mol. The van der Waals surface area contributed by atoms with E-state index in [-0.39, 0.29) is 17.6 Å². The van der Waals surface area contributed by atoms with Gasteiger partial charge in [0.05, 0.1) is 17.9 Å². The second-order valence-electron chi connectivity index (χ2n) is 5.99. The van der Waals surface area contributed by atoms with Gasteiger partial charge < -0.3 is 5.32 Å². The first-order valence-corrected chi connectivity index (χ1v) is 8.54. The van der Waals surface area contributed by atoms with Gasteiger partial charge in [0.1, 0.15) is 0 Å². The molecule has 6 nitrogen and oxygen atoms in total. The molecule has 3 rings (SSSR count). The van der Waals surface area contributed by atoms with Gasteiger partial charge in [-0.15, -0.1) is 11.3 Å². The van der Waals surface area contributed by atoms with Gasteiger partial charge in [0.2, 0.25) is 0 Å². The number of thiazole rings is 1. The van der Waals surface area contributed by atoms with E-state index in [2.05, 4.69) is 29.2 Å². The zero-order valence-corrected chi connectivity index (χ0v) is 14.6. The van der Waals surface area contributed by atoms with Gasteiger partial charge in [-0.3, -0.25) is 13.9 Å². The Morgan fingerprint density at radius 1 is 1.35 bits per heavy atom. The molecule has 3 heterocycles. The summed E-state index contributed by atoms with van der Waals surface area (Å²) in [6, 6.07) is 2.03. The third kappa shape index (κ3) is 3.20. The van der Waals surface area contributed by atoms with Crippen LogP contribution in [0.4, 0.5) is 0 Å². The molecule has 0 aliphatic carbocycles. The van der Waals surface area contributed by atoms with Crippen LogP contribution in [0.1, 0.15) is 36.8 Å². The summed E-state index contributed by atoms with van der Waals surface area (Å²) in [6.45, 7) is 8.75.